The average Bonchev–Trinajstić information content (AvgIpc) is 3.24. The number of aromatic nitrogens is 3. The van der Waals surface area contributed by atoms with Crippen LogP contribution in [-0.2, 0) is 13.1 Å². The largest absolute Gasteiger partial charge is 0.493 e. The third kappa shape index (κ3) is 3.95. The topological polar surface area (TPSA) is 61.2 Å². The Kier molecular flexibility index (Phi) is 4.35. The van der Waals surface area contributed by atoms with Gasteiger partial charge in [-0.1, -0.05) is 12.1 Å². The van der Waals surface area contributed by atoms with E-state index in [2.05, 4.69) is 15.4 Å². The summed E-state index contributed by atoms with van der Waals surface area (Å²) in [4.78, 5) is 4.28. The molecule has 1 aromatic heterocycles. The molecule has 1 aliphatic rings. The van der Waals surface area contributed by atoms with Gasteiger partial charge in [0, 0.05) is 6.04 Å². The van der Waals surface area contributed by atoms with Gasteiger partial charge in [-0.05, 0) is 25.0 Å². The van der Waals surface area contributed by atoms with E-state index in [1.807, 2.05) is 24.3 Å². The molecule has 1 heterocycles. The molecule has 0 spiro atoms. The third-order valence-electron chi connectivity index (χ3n) is 3.36. The van der Waals surface area contributed by atoms with Gasteiger partial charge < -0.3 is 14.8 Å². The van der Waals surface area contributed by atoms with E-state index in [0.29, 0.717) is 19.2 Å². The van der Waals surface area contributed by atoms with E-state index in [1.165, 1.54) is 12.8 Å². The molecule has 2 aromatic rings. The van der Waals surface area contributed by atoms with Gasteiger partial charge in [-0.25, -0.2) is 9.67 Å². The van der Waals surface area contributed by atoms with E-state index in [0.717, 1.165) is 23.9 Å². The number of hydrogen-bond donors (Lipinski definition) is 1. The highest BCUT2D eigenvalue weighted by Gasteiger charge is 2.20. The van der Waals surface area contributed by atoms with Gasteiger partial charge in [-0.3, -0.25) is 0 Å². The lowest BCUT2D eigenvalue weighted by molar-refractivity contribution is 0.274. The van der Waals surface area contributed by atoms with E-state index in [1.54, 1.807) is 18.1 Å². The second-order valence-electron chi connectivity index (χ2n) is 5.08. The fourth-order valence-corrected chi connectivity index (χ4v) is 2.03. The predicted octanol–water partition coefficient (Wildman–Crippen LogP) is 1.62. The summed E-state index contributed by atoms with van der Waals surface area (Å²) in [5.41, 5.74) is 0. The molecule has 1 aliphatic carbocycles. The Bertz CT molecular complexity index is 581. The Hall–Kier alpha value is -2.08. The first-order valence-corrected chi connectivity index (χ1v) is 7.22. The minimum Gasteiger partial charge on any atom is -0.493 e. The quantitative estimate of drug-likeness (QED) is 0.800. The first kappa shape index (κ1) is 13.9. The van der Waals surface area contributed by atoms with Crippen molar-refractivity contribution in [1.82, 2.24) is 20.1 Å². The van der Waals surface area contributed by atoms with Crippen LogP contribution in [0.25, 0.3) is 0 Å². The first-order valence-electron chi connectivity index (χ1n) is 7.22. The number of ether oxygens (including phenoxy) is 2. The normalized spacial score (nSPS) is 14.1. The Morgan fingerprint density at radius 1 is 1.29 bits per heavy atom. The molecule has 3 rings (SSSR count). The molecular weight excluding hydrogens is 268 g/mol. The number of nitrogens with zero attached hydrogens (tertiary/aromatic N) is 3. The standard InChI is InChI=1S/C15H20N4O2/c1-20-13-4-2-3-5-14(13)21-9-8-19-11-17-15(18-19)10-16-12-6-7-12/h2-5,11-12,16H,6-10H2,1H3. The van der Waals surface area contributed by atoms with E-state index in [-0.39, 0.29) is 0 Å². The summed E-state index contributed by atoms with van der Waals surface area (Å²) in [6.45, 7) is 1.93. The van der Waals surface area contributed by atoms with Crippen LogP contribution in [0.3, 0.4) is 0 Å². The van der Waals surface area contributed by atoms with Crippen molar-refractivity contribution < 1.29 is 9.47 Å². The molecule has 21 heavy (non-hydrogen) atoms. The van der Waals surface area contributed by atoms with Crippen LogP contribution in [0.5, 0.6) is 11.5 Å². The van der Waals surface area contributed by atoms with Crippen molar-refractivity contribution in [3.05, 3.63) is 36.4 Å². The maximum absolute atomic E-state index is 5.72. The van der Waals surface area contributed by atoms with Gasteiger partial charge in [0.05, 0.1) is 20.2 Å². The Balaban J connectivity index is 1.46. The molecule has 0 radical (unpaired) electrons. The number of hydrogen-bond acceptors (Lipinski definition) is 5. The van der Waals surface area contributed by atoms with Crippen LogP contribution < -0.4 is 14.8 Å². The Morgan fingerprint density at radius 2 is 2.10 bits per heavy atom. The number of para-hydroxylation sites is 2. The average molecular weight is 288 g/mol. The van der Waals surface area contributed by atoms with Crippen LogP contribution in [-0.4, -0.2) is 34.5 Å². The predicted molar refractivity (Wildman–Crippen MR) is 78.4 cm³/mol. The number of nitrogens with one attached hydrogen (secondary N) is 1. The van der Waals surface area contributed by atoms with Crippen LogP contribution in [0.4, 0.5) is 0 Å². The van der Waals surface area contributed by atoms with Gasteiger partial charge in [0.25, 0.3) is 0 Å². The van der Waals surface area contributed by atoms with Gasteiger partial charge in [0.2, 0.25) is 0 Å². The fourth-order valence-electron chi connectivity index (χ4n) is 2.03. The molecule has 1 aromatic carbocycles. The smallest absolute Gasteiger partial charge is 0.164 e. The van der Waals surface area contributed by atoms with Crippen molar-refractivity contribution in [3.8, 4) is 11.5 Å². The number of rotatable bonds is 8. The van der Waals surface area contributed by atoms with Crippen molar-refractivity contribution in [3.63, 3.8) is 0 Å². The lowest BCUT2D eigenvalue weighted by atomic mass is 10.3. The monoisotopic (exact) mass is 288 g/mol. The van der Waals surface area contributed by atoms with Crippen molar-refractivity contribution in [1.29, 1.82) is 0 Å². The molecule has 6 nitrogen and oxygen atoms in total. The van der Waals surface area contributed by atoms with Crippen molar-refractivity contribution in [2.24, 2.45) is 0 Å². The van der Waals surface area contributed by atoms with Gasteiger partial charge in [0.1, 0.15) is 12.9 Å². The molecule has 0 atom stereocenters. The lowest BCUT2D eigenvalue weighted by Gasteiger charge is -2.09. The van der Waals surface area contributed by atoms with Gasteiger partial charge in [-0.2, -0.15) is 5.10 Å². The second kappa shape index (κ2) is 6.58. The molecule has 6 heteroatoms. The summed E-state index contributed by atoms with van der Waals surface area (Å²) in [6, 6.07) is 8.29. The zero-order valence-electron chi connectivity index (χ0n) is 12.2. The molecule has 1 saturated carbocycles. The van der Waals surface area contributed by atoms with Crippen molar-refractivity contribution >= 4 is 0 Å². The summed E-state index contributed by atoms with van der Waals surface area (Å²) in [6.07, 6.45) is 4.29. The number of benzene rings is 1. The van der Waals surface area contributed by atoms with Gasteiger partial charge >= 0.3 is 0 Å². The highest BCUT2D eigenvalue weighted by molar-refractivity contribution is 5.39. The third-order valence-corrected chi connectivity index (χ3v) is 3.36. The number of methoxy groups -OCH3 is 1. The van der Waals surface area contributed by atoms with Crippen LogP contribution in [0.15, 0.2) is 30.6 Å². The minimum atomic E-state index is 0.527. The molecule has 0 bridgehead atoms. The molecule has 1 N–H and O–H groups in total. The fraction of sp³-hybridized carbons (Fsp3) is 0.467. The molecule has 0 amide bonds. The maximum Gasteiger partial charge on any atom is 0.164 e. The Labute approximate surface area is 124 Å². The van der Waals surface area contributed by atoms with Gasteiger partial charge in [0.15, 0.2) is 17.3 Å². The molecule has 0 unspecified atom stereocenters. The van der Waals surface area contributed by atoms with Crippen molar-refractivity contribution in [2.75, 3.05) is 13.7 Å². The maximum atomic E-state index is 5.72. The highest BCUT2D eigenvalue weighted by Crippen LogP contribution is 2.25. The zero-order valence-corrected chi connectivity index (χ0v) is 12.2. The van der Waals surface area contributed by atoms with Crippen LogP contribution in [0.2, 0.25) is 0 Å². The van der Waals surface area contributed by atoms with Crippen molar-refractivity contribution in [2.45, 2.75) is 32.0 Å². The molecule has 0 aliphatic heterocycles. The summed E-state index contributed by atoms with van der Waals surface area (Å²) in [5.74, 6) is 2.32. The minimum absolute atomic E-state index is 0.527. The van der Waals surface area contributed by atoms with Crippen LogP contribution >= 0.6 is 0 Å². The molecule has 1 fully saturated rings. The molecular formula is C15H20N4O2. The Morgan fingerprint density at radius 3 is 2.86 bits per heavy atom. The van der Waals surface area contributed by atoms with Crippen LogP contribution in [0.1, 0.15) is 18.7 Å². The first-order chi connectivity index (χ1) is 10.3. The lowest BCUT2D eigenvalue weighted by Crippen LogP contribution is -2.17. The van der Waals surface area contributed by atoms with E-state index in [9.17, 15) is 0 Å². The summed E-state index contributed by atoms with van der Waals surface area (Å²) >= 11 is 0. The summed E-state index contributed by atoms with van der Waals surface area (Å²) in [5, 5.41) is 7.81. The zero-order chi connectivity index (χ0) is 14.5. The second-order valence-corrected chi connectivity index (χ2v) is 5.08. The van der Waals surface area contributed by atoms with Gasteiger partial charge in [-0.15, -0.1) is 0 Å². The SMILES string of the molecule is COc1ccccc1OCCn1cnc(CNC2CC2)n1. The molecule has 112 valence electrons. The summed E-state index contributed by atoms with van der Waals surface area (Å²) < 4.78 is 12.8. The highest BCUT2D eigenvalue weighted by atomic mass is 16.5. The molecule has 0 saturated heterocycles. The van der Waals surface area contributed by atoms with E-state index >= 15 is 0 Å². The van der Waals surface area contributed by atoms with Crippen LogP contribution in [0, 0.1) is 0 Å². The summed E-state index contributed by atoms with van der Waals surface area (Å²) in [7, 11) is 1.64. The van der Waals surface area contributed by atoms with E-state index < -0.39 is 0 Å². The van der Waals surface area contributed by atoms with E-state index in [4.69, 9.17) is 9.47 Å².